The number of para-hydroxylation sites is 1. The van der Waals surface area contributed by atoms with Crippen molar-refractivity contribution in [3.63, 3.8) is 0 Å². The molecule has 0 aliphatic heterocycles. The first kappa shape index (κ1) is 22.2. The summed E-state index contributed by atoms with van der Waals surface area (Å²) in [7, 11) is 3.83. The van der Waals surface area contributed by atoms with Crippen molar-refractivity contribution in [2.24, 2.45) is 18.1 Å². The lowest BCUT2D eigenvalue weighted by Crippen LogP contribution is -2.28. The molecular formula is C27H31N5O2. The summed E-state index contributed by atoms with van der Waals surface area (Å²) in [6.07, 6.45) is 7.73. The zero-order chi connectivity index (χ0) is 23.8. The number of fused-ring (bicyclic) bond motifs is 3. The average molecular weight is 458 g/mol. The fourth-order valence-corrected chi connectivity index (χ4v) is 5.19. The van der Waals surface area contributed by atoms with E-state index in [0.29, 0.717) is 6.61 Å². The molecule has 1 unspecified atom stereocenters. The van der Waals surface area contributed by atoms with Crippen LogP contribution < -0.4 is 4.74 Å². The predicted octanol–water partition coefficient (Wildman–Crippen LogP) is 4.89. The first-order valence-corrected chi connectivity index (χ1v) is 11.7. The molecule has 176 valence electrons. The highest BCUT2D eigenvalue weighted by atomic mass is 16.6. The van der Waals surface area contributed by atoms with Gasteiger partial charge in [0.25, 0.3) is 0 Å². The number of rotatable bonds is 6. The van der Waals surface area contributed by atoms with Crippen LogP contribution in [-0.2, 0) is 31.5 Å². The van der Waals surface area contributed by atoms with Gasteiger partial charge in [0.15, 0.2) is 6.61 Å². The monoisotopic (exact) mass is 457 g/mol. The number of imidazole rings is 1. The van der Waals surface area contributed by atoms with Gasteiger partial charge in [-0.05, 0) is 39.7 Å². The summed E-state index contributed by atoms with van der Waals surface area (Å²) in [4.78, 5) is 15.0. The van der Waals surface area contributed by atoms with Crippen molar-refractivity contribution in [2.45, 2.75) is 46.8 Å². The van der Waals surface area contributed by atoms with Crippen molar-refractivity contribution >= 4 is 16.6 Å². The molecule has 1 aliphatic rings. The van der Waals surface area contributed by atoms with Crippen LogP contribution in [0.15, 0.2) is 48.0 Å². The molecule has 0 saturated carbocycles. The van der Waals surface area contributed by atoms with Gasteiger partial charge < -0.3 is 18.7 Å². The molecule has 34 heavy (non-hydrogen) atoms. The molecule has 4 aromatic rings. The molecule has 7 heteroatoms. The number of aromatic nitrogens is 4. The van der Waals surface area contributed by atoms with E-state index in [2.05, 4.69) is 50.4 Å². The number of benzene rings is 1. The molecule has 3 heterocycles. The minimum atomic E-state index is 0.229. The third kappa shape index (κ3) is 3.75. The molecule has 0 N–H and O–H groups in total. The average Bonchev–Trinajstić information content (AvgIpc) is 3.37. The first-order chi connectivity index (χ1) is 16.5. The summed E-state index contributed by atoms with van der Waals surface area (Å²) in [6, 6.07) is 8.54. The van der Waals surface area contributed by atoms with Crippen molar-refractivity contribution in [3.8, 4) is 5.75 Å². The number of hydrogen-bond donors (Lipinski definition) is 0. The molecule has 0 saturated heterocycles. The Morgan fingerprint density at radius 2 is 1.97 bits per heavy atom. The Morgan fingerprint density at radius 1 is 1.15 bits per heavy atom. The van der Waals surface area contributed by atoms with E-state index in [0.717, 1.165) is 53.5 Å². The highest BCUT2D eigenvalue weighted by molar-refractivity contribution is 6.13. The van der Waals surface area contributed by atoms with Gasteiger partial charge in [-0.15, -0.1) is 0 Å². The largest absolute Gasteiger partial charge is 0.496 e. The zero-order valence-corrected chi connectivity index (χ0v) is 20.5. The van der Waals surface area contributed by atoms with Gasteiger partial charge in [0.05, 0.1) is 18.5 Å². The lowest BCUT2D eigenvalue weighted by molar-refractivity contribution is 0.125. The smallest absolute Gasteiger partial charge is 0.159 e. The first-order valence-electron chi connectivity index (χ1n) is 11.7. The summed E-state index contributed by atoms with van der Waals surface area (Å²) < 4.78 is 10.1. The van der Waals surface area contributed by atoms with E-state index >= 15 is 0 Å². The van der Waals surface area contributed by atoms with Crippen molar-refractivity contribution in [2.75, 3.05) is 7.11 Å². The van der Waals surface area contributed by atoms with Crippen LogP contribution in [0.25, 0.3) is 10.9 Å². The van der Waals surface area contributed by atoms with Gasteiger partial charge in [0.1, 0.15) is 11.6 Å². The second-order valence-electron chi connectivity index (χ2n) is 9.06. The van der Waals surface area contributed by atoms with Crippen molar-refractivity contribution in [1.29, 1.82) is 0 Å². The zero-order valence-electron chi connectivity index (χ0n) is 20.5. The van der Waals surface area contributed by atoms with Crippen LogP contribution >= 0.6 is 0 Å². The molecule has 7 nitrogen and oxygen atoms in total. The molecule has 0 radical (unpaired) electrons. The Morgan fingerprint density at radius 3 is 2.74 bits per heavy atom. The minimum absolute atomic E-state index is 0.229. The van der Waals surface area contributed by atoms with Crippen molar-refractivity contribution < 1.29 is 9.57 Å². The molecule has 1 aromatic carbocycles. The maximum Gasteiger partial charge on any atom is 0.159 e. The fourth-order valence-electron chi connectivity index (χ4n) is 5.19. The standard InChI is InChI=1S/C27H31N5O2/c1-17-14-29-22(18(2)27(17)33-5)16-34-30-26-20(15-32-13-12-28-19(32)3)10-11-24-25(26)21-8-6-7-9-23(21)31(24)4/h6-9,12-14,20H,10-11,15-16H2,1-5H3/b30-26+. The second-order valence-corrected chi connectivity index (χ2v) is 9.06. The number of pyridine rings is 1. The lowest BCUT2D eigenvalue weighted by Gasteiger charge is -2.26. The Labute approximate surface area is 200 Å². The quantitative estimate of drug-likeness (QED) is 0.387. The van der Waals surface area contributed by atoms with Crippen molar-refractivity contribution in [3.05, 3.63) is 76.8 Å². The number of methoxy groups -OCH3 is 1. The molecule has 3 aromatic heterocycles. The van der Waals surface area contributed by atoms with Crippen LogP contribution in [0.2, 0.25) is 0 Å². The van der Waals surface area contributed by atoms with Crippen LogP contribution in [0.1, 0.15) is 40.3 Å². The SMILES string of the molecule is COc1c(C)cnc(CO/N=C2/c3c(n(C)c4ccccc34)CCC2Cn2ccnc2C)c1C. The Hall–Kier alpha value is -3.61. The van der Waals surface area contributed by atoms with Crippen LogP contribution in [0.5, 0.6) is 5.75 Å². The van der Waals surface area contributed by atoms with E-state index in [1.807, 2.05) is 39.4 Å². The number of hydrogen-bond acceptors (Lipinski definition) is 5. The maximum atomic E-state index is 6.01. The van der Waals surface area contributed by atoms with Crippen molar-refractivity contribution in [1.82, 2.24) is 19.1 Å². The third-order valence-corrected chi connectivity index (χ3v) is 7.06. The highest BCUT2D eigenvalue weighted by Gasteiger charge is 2.31. The minimum Gasteiger partial charge on any atom is -0.496 e. The summed E-state index contributed by atoms with van der Waals surface area (Å²) in [5.41, 5.74) is 7.58. The van der Waals surface area contributed by atoms with Crippen LogP contribution in [0, 0.1) is 26.7 Å². The van der Waals surface area contributed by atoms with Crippen LogP contribution in [-0.4, -0.2) is 31.9 Å². The van der Waals surface area contributed by atoms with E-state index in [9.17, 15) is 0 Å². The molecule has 0 bridgehead atoms. The van der Waals surface area contributed by atoms with Crippen LogP contribution in [0.3, 0.4) is 0 Å². The molecule has 0 spiro atoms. The van der Waals surface area contributed by atoms with E-state index < -0.39 is 0 Å². The van der Waals surface area contributed by atoms with Crippen LogP contribution in [0.4, 0.5) is 0 Å². The lowest BCUT2D eigenvalue weighted by atomic mass is 9.84. The summed E-state index contributed by atoms with van der Waals surface area (Å²) >= 11 is 0. The van der Waals surface area contributed by atoms with E-state index in [1.165, 1.54) is 22.2 Å². The van der Waals surface area contributed by atoms with Gasteiger partial charge in [0, 0.05) is 71.4 Å². The number of nitrogens with zero attached hydrogens (tertiary/aromatic N) is 5. The Kier molecular flexibility index (Phi) is 5.86. The molecule has 5 rings (SSSR count). The normalized spacial score (nSPS) is 16.7. The fraction of sp³-hybridized carbons (Fsp3) is 0.370. The highest BCUT2D eigenvalue weighted by Crippen LogP contribution is 2.35. The molecule has 0 fully saturated rings. The molecular weight excluding hydrogens is 426 g/mol. The molecule has 1 atom stereocenters. The van der Waals surface area contributed by atoms with Gasteiger partial charge in [0.2, 0.25) is 0 Å². The summed E-state index contributed by atoms with van der Waals surface area (Å²) in [6.45, 7) is 7.17. The number of aryl methyl sites for hydroxylation is 3. The van der Waals surface area contributed by atoms with Gasteiger partial charge in [-0.2, -0.15) is 0 Å². The summed E-state index contributed by atoms with van der Waals surface area (Å²) in [5.74, 6) is 2.09. The van der Waals surface area contributed by atoms with Gasteiger partial charge in [-0.1, -0.05) is 23.4 Å². The van der Waals surface area contributed by atoms with E-state index in [-0.39, 0.29) is 5.92 Å². The van der Waals surface area contributed by atoms with Gasteiger partial charge in [-0.3, -0.25) is 4.98 Å². The number of ether oxygens (including phenoxy) is 1. The molecule has 1 aliphatic carbocycles. The predicted molar refractivity (Wildman–Crippen MR) is 133 cm³/mol. The van der Waals surface area contributed by atoms with Gasteiger partial charge >= 0.3 is 0 Å². The number of oxime groups is 1. The Balaban J connectivity index is 1.53. The van der Waals surface area contributed by atoms with E-state index in [4.69, 9.17) is 14.7 Å². The molecule has 0 amide bonds. The Bertz CT molecular complexity index is 1380. The second kappa shape index (κ2) is 8.97. The summed E-state index contributed by atoms with van der Waals surface area (Å²) in [5, 5.41) is 6.01. The third-order valence-electron chi connectivity index (χ3n) is 7.06. The van der Waals surface area contributed by atoms with E-state index in [1.54, 1.807) is 7.11 Å². The maximum absolute atomic E-state index is 6.01. The topological polar surface area (TPSA) is 66.5 Å². The van der Waals surface area contributed by atoms with Gasteiger partial charge in [-0.25, -0.2) is 4.98 Å².